The van der Waals surface area contributed by atoms with Gasteiger partial charge in [0.1, 0.15) is 12.1 Å². The Balaban J connectivity index is 2.69. The van der Waals surface area contributed by atoms with E-state index in [9.17, 15) is 14.4 Å². The van der Waals surface area contributed by atoms with Crippen molar-refractivity contribution in [3.63, 3.8) is 0 Å². The number of nitrogens with zero attached hydrogens (tertiary/aromatic N) is 1. The molecule has 2 N–H and O–H groups in total. The second kappa shape index (κ2) is 6.91. The number of likely N-dealkylation sites (N-methyl/N-ethyl adjacent to an activating group) is 1. The molecule has 0 aromatic heterocycles. The quantitative estimate of drug-likeness (QED) is 0.800. The van der Waals surface area contributed by atoms with Gasteiger partial charge >= 0.3 is 0 Å². The molecule has 1 saturated heterocycles. The zero-order valence-electron chi connectivity index (χ0n) is 13.7. The normalized spacial score (nSPS) is 20.0. The fourth-order valence-electron chi connectivity index (χ4n) is 2.32. The van der Waals surface area contributed by atoms with Gasteiger partial charge in [0.05, 0.1) is 0 Å². The third-order valence-electron chi connectivity index (χ3n) is 3.59. The van der Waals surface area contributed by atoms with E-state index >= 15 is 0 Å². The summed E-state index contributed by atoms with van der Waals surface area (Å²) in [5.41, 5.74) is -0.543. The minimum absolute atomic E-state index is 0.113. The Hall–Kier alpha value is -1.59. The van der Waals surface area contributed by atoms with E-state index in [4.69, 9.17) is 0 Å². The van der Waals surface area contributed by atoms with Crippen molar-refractivity contribution < 1.29 is 14.4 Å². The molecule has 1 fully saturated rings. The fraction of sp³-hybridized carbons (Fsp3) is 0.800. The van der Waals surface area contributed by atoms with Crippen LogP contribution in [0.1, 0.15) is 47.5 Å². The van der Waals surface area contributed by atoms with Gasteiger partial charge in [-0.1, -0.05) is 20.8 Å². The molecule has 6 heteroatoms. The van der Waals surface area contributed by atoms with Crippen molar-refractivity contribution in [1.82, 2.24) is 15.5 Å². The number of likely N-dealkylation sites (tertiary alicyclic amines) is 1. The summed E-state index contributed by atoms with van der Waals surface area (Å²) >= 11 is 0. The Labute approximate surface area is 126 Å². The lowest BCUT2D eigenvalue weighted by molar-refractivity contribution is -0.142. The van der Waals surface area contributed by atoms with Gasteiger partial charge in [-0.25, -0.2) is 0 Å². The smallest absolute Gasteiger partial charge is 0.245 e. The van der Waals surface area contributed by atoms with E-state index in [-0.39, 0.29) is 17.7 Å². The lowest BCUT2D eigenvalue weighted by Crippen LogP contribution is -2.53. The summed E-state index contributed by atoms with van der Waals surface area (Å²) in [4.78, 5) is 38.0. The van der Waals surface area contributed by atoms with Crippen LogP contribution in [0.2, 0.25) is 0 Å². The molecule has 0 radical (unpaired) electrons. The van der Waals surface area contributed by atoms with Gasteiger partial charge < -0.3 is 15.5 Å². The number of carbonyl (C=O) groups excluding carboxylic acids is 3. The summed E-state index contributed by atoms with van der Waals surface area (Å²) in [7, 11) is 0. The molecule has 0 saturated carbocycles. The van der Waals surface area contributed by atoms with Crippen LogP contribution < -0.4 is 10.6 Å². The van der Waals surface area contributed by atoms with Crippen LogP contribution in [0.3, 0.4) is 0 Å². The number of amides is 3. The van der Waals surface area contributed by atoms with Gasteiger partial charge in [0.25, 0.3) is 0 Å². The number of hydrogen-bond acceptors (Lipinski definition) is 3. The fourth-order valence-corrected chi connectivity index (χ4v) is 2.32. The van der Waals surface area contributed by atoms with Crippen molar-refractivity contribution in [2.24, 2.45) is 5.41 Å². The van der Waals surface area contributed by atoms with Crippen molar-refractivity contribution in [3.05, 3.63) is 0 Å². The maximum Gasteiger partial charge on any atom is 0.245 e. The SMILES string of the molecule is CCNC(=O)[C@@H]1CCCN1C(=O)[C@H](C)NC(=O)C(C)(C)C. The standard InChI is InChI=1S/C15H27N3O3/c1-6-16-12(19)11-8-7-9-18(11)13(20)10(2)17-14(21)15(3,4)5/h10-11H,6-9H2,1-5H3,(H,16,19)(H,17,21)/t10-,11-/m0/s1. The van der Waals surface area contributed by atoms with E-state index in [0.717, 1.165) is 6.42 Å². The van der Waals surface area contributed by atoms with Crippen molar-refractivity contribution in [1.29, 1.82) is 0 Å². The van der Waals surface area contributed by atoms with Crippen molar-refractivity contribution in [2.75, 3.05) is 13.1 Å². The molecule has 1 aliphatic heterocycles. The Morgan fingerprint density at radius 3 is 2.43 bits per heavy atom. The van der Waals surface area contributed by atoms with Gasteiger partial charge in [0, 0.05) is 18.5 Å². The third-order valence-corrected chi connectivity index (χ3v) is 3.59. The Kier molecular flexibility index (Phi) is 5.75. The molecule has 0 aromatic rings. The molecule has 1 aliphatic rings. The Bertz CT molecular complexity index is 415. The largest absolute Gasteiger partial charge is 0.355 e. The minimum Gasteiger partial charge on any atom is -0.355 e. The molecule has 0 spiro atoms. The van der Waals surface area contributed by atoms with Gasteiger partial charge in [0.2, 0.25) is 17.7 Å². The maximum absolute atomic E-state index is 12.5. The highest BCUT2D eigenvalue weighted by molar-refractivity contribution is 5.93. The summed E-state index contributed by atoms with van der Waals surface area (Å²) in [6.07, 6.45) is 1.49. The predicted octanol–water partition coefficient (Wildman–Crippen LogP) is 0.664. The molecule has 0 aliphatic carbocycles. The molecule has 0 aromatic carbocycles. The lowest BCUT2D eigenvalue weighted by atomic mass is 9.95. The first-order valence-corrected chi connectivity index (χ1v) is 7.57. The van der Waals surface area contributed by atoms with Crippen LogP contribution in [-0.2, 0) is 14.4 Å². The Morgan fingerprint density at radius 2 is 1.90 bits per heavy atom. The second-order valence-corrected chi connectivity index (χ2v) is 6.53. The summed E-state index contributed by atoms with van der Waals surface area (Å²) in [6, 6.07) is -1.03. The average molecular weight is 297 g/mol. The molecule has 3 amide bonds. The first kappa shape index (κ1) is 17.5. The first-order chi connectivity index (χ1) is 9.68. The minimum atomic E-state index is -0.619. The maximum atomic E-state index is 12.5. The van der Waals surface area contributed by atoms with Crippen LogP contribution in [-0.4, -0.2) is 47.8 Å². The number of rotatable bonds is 4. The second-order valence-electron chi connectivity index (χ2n) is 6.53. The van der Waals surface area contributed by atoms with Gasteiger partial charge in [-0.3, -0.25) is 14.4 Å². The van der Waals surface area contributed by atoms with Crippen LogP contribution in [0.5, 0.6) is 0 Å². The van der Waals surface area contributed by atoms with Gasteiger partial charge in [-0.05, 0) is 26.7 Å². The van der Waals surface area contributed by atoms with Gasteiger partial charge in [0.15, 0.2) is 0 Å². The molecular weight excluding hydrogens is 270 g/mol. The summed E-state index contributed by atoms with van der Waals surface area (Å²) in [5, 5.41) is 5.48. The van der Waals surface area contributed by atoms with Gasteiger partial charge in [-0.15, -0.1) is 0 Å². The van der Waals surface area contributed by atoms with Crippen molar-refractivity contribution in [3.8, 4) is 0 Å². The van der Waals surface area contributed by atoms with E-state index in [1.54, 1.807) is 32.6 Å². The Morgan fingerprint density at radius 1 is 1.29 bits per heavy atom. The molecule has 6 nitrogen and oxygen atoms in total. The van der Waals surface area contributed by atoms with Gasteiger partial charge in [-0.2, -0.15) is 0 Å². The van der Waals surface area contributed by atoms with Crippen LogP contribution in [0.15, 0.2) is 0 Å². The highest BCUT2D eigenvalue weighted by Crippen LogP contribution is 2.19. The summed E-state index contributed by atoms with van der Waals surface area (Å²) < 4.78 is 0. The van der Waals surface area contributed by atoms with E-state index in [0.29, 0.717) is 19.5 Å². The molecule has 0 unspecified atom stereocenters. The number of carbonyl (C=O) groups is 3. The first-order valence-electron chi connectivity index (χ1n) is 7.57. The molecule has 1 heterocycles. The highest BCUT2D eigenvalue weighted by atomic mass is 16.2. The van der Waals surface area contributed by atoms with Crippen molar-refractivity contribution in [2.45, 2.75) is 59.5 Å². The lowest BCUT2D eigenvalue weighted by Gasteiger charge is -2.28. The van der Waals surface area contributed by atoms with Crippen LogP contribution in [0.25, 0.3) is 0 Å². The number of nitrogens with one attached hydrogen (secondary N) is 2. The van der Waals surface area contributed by atoms with E-state index in [2.05, 4.69) is 10.6 Å². The summed E-state index contributed by atoms with van der Waals surface area (Å²) in [6.45, 7) is 10.0. The highest BCUT2D eigenvalue weighted by Gasteiger charge is 2.36. The van der Waals surface area contributed by atoms with Crippen molar-refractivity contribution >= 4 is 17.7 Å². The molecule has 2 atom stereocenters. The monoisotopic (exact) mass is 297 g/mol. The topological polar surface area (TPSA) is 78.5 Å². The molecule has 21 heavy (non-hydrogen) atoms. The van der Waals surface area contributed by atoms with E-state index < -0.39 is 17.5 Å². The van der Waals surface area contributed by atoms with Crippen LogP contribution in [0.4, 0.5) is 0 Å². The predicted molar refractivity (Wildman–Crippen MR) is 80.5 cm³/mol. The molecular formula is C15H27N3O3. The van der Waals surface area contributed by atoms with E-state index in [1.807, 2.05) is 6.92 Å². The number of hydrogen-bond donors (Lipinski definition) is 2. The third kappa shape index (κ3) is 4.44. The summed E-state index contributed by atoms with van der Waals surface area (Å²) in [5.74, 6) is -0.476. The zero-order valence-corrected chi connectivity index (χ0v) is 13.7. The van der Waals surface area contributed by atoms with E-state index in [1.165, 1.54) is 0 Å². The molecule has 120 valence electrons. The zero-order chi connectivity index (χ0) is 16.2. The average Bonchev–Trinajstić information content (AvgIpc) is 2.85. The van der Waals surface area contributed by atoms with Crippen LogP contribution >= 0.6 is 0 Å². The van der Waals surface area contributed by atoms with Crippen LogP contribution in [0, 0.1) is 5.41 Å². The molecule has 1 rings (SSSR count). The molecule has 0 bridgehead atoms.